The van der Waals surface area contributed by atoms with E-state index in [1.54, 1.807) is 21.0 Å². The summed E-state index contributed by atoms with van der Waals surface area (Å²) in [4.78, 5) is 11.8. The molecule has 0 saturated carbocycles. The van der Waals surface area contributed by atoms with Crippen LogP contribution in [-0.4, -0.2) is 48.5 Å². The van der Waals surface area contributed by atoms with Crippen molar-refractivity contribution in [1.29, 1.82) is 0 Å². The Labute approximate surface area is 118 Å². The number of nitrogens with two attached hydrogens (primary N) is 1. The lowest BCUT2D eigenvalue weighted by molar-refractivity contribution is -0.128. The van der Waals surface area contributed by atoms with E-state index in [0.29, 0.717) is 13.0 Å². The van der Waals surface area contributed by atoms with Crippen molar-refractivity contribution < 1.29 is 13.2 Å². The van der Waals surface area contributed by atoms with Gasteiger partial charge < -0.3 is 11.1 Å². The number of carbonyl (C=O) groups is 1. The molecule has 3 N–H and O–H groups in total. The van der Waals surface area contributed by atoms with Crippen molar-refractivity contribution in [3.8, 4) is 0 Å². The predicted octanol–water partition coefficient (Wildman–Crippen LogP) is -0.851. The Kier molecular flexibility index (Phi) is 3.51. The molecule has 0 bridgehead atoms. The van der Waals surface area contributed by atoms with Crippen LogP contribution in [0.15, 0.2) is 11.1 Å². The molecule has 20 heavy (non-hydrogen) atoms. The number of sulfonamides is 1. The number of rotatable bonds is 3. The van der Waals surface area contributed by atoms with Gasteiger partial charge in [0.1, 0.15) is 4.90 Å². The maximum atomic E-state index is 12.5. The molecule has 1 saturated heterocycles. The fourth-order valence-corrected chi connectivity index (χ4v) is 4.09. The zero-order valence-electron chi connectivity index (χ0n) is 11.8. The molecule has 0 spiro atoms. The molecule has 2 heterocycles. The molecule has 1 aliphatic rings. The highest BCUT2D eigenvalue weighted by Gasteiger charge is 2.45. The topological polar surface area (TPSA) is 110 Å². The van der Waals surface area contributed by atoms with Crippen molar-refractivity contribution in [3.05, 3.63) is 6.20 Å². The van der Waals surface area contributed by atoms with Crippen molar-refractivity contribution in [1.82, 2.24) is 19.4 Å². The second-order valence-electron chi connectivity index (χ2n) is 5.28. The SMILES string of the molecule is CNC(=O)C1(C)CCN(S(=O)(=O)c2cn(C)nc2N)C1. The van der Waals surface area contributed by atoms with Gasteiger partial charge in [0.15, 0.2) is 5.82 Å². The first kappa shape index (κ1) is 14.8. The fourth-order valence-electron chi connectivity index (χ4n) is 2.43. The summed E-state index contributed by atoms with van der Waals surface area (Å²) in [5.41, 5.74) is 4.92. The average molecular weight is 301 g/mol. The molecule has 1 amide bonds. The number of nitrogens with one attached hydrogen (secondary N) is 1. The third-order valence-corrected chi connectivity index (χ3v) is 5.52. The molecule has 1 unspecified atom stereocenters. The second kappa shape index (κ2) is 4.74. The fraction of sp³-hybridized carbons (Fsp3) is 0.636. The number of carbonyl (C=O) groups excluding carboxylic acids is 1. The number of hydrogen-bond acceptors (Lipinski definition) is 5. The Morgan fingerprint density at radius 3 is 2.70 bits per heavy atom. The minimum absolute atomic E-state index is 0.0128. The van der Waals surface area contributed by atoms with Gasteiger partial charge in [-0.25, -0.2) is 8.42 Å². The second-order valence-corrected chi connectivity index (χ2v) is 7.19. The van der Waals surface area contributed by atoms with Crippen molar-refractivity contribution in [3.63, 3.8) is 0 Å². The van der Waals surface area contributed by atoms with Gasteiger partial charge in [-0.2, -0.15) is 9.40 Å². The van der Waals surface area contributed by atoms with Crippen LogP contribution in [0.1, 0.15) is 13.3 Å². The highest BCUT2D eigenvalue weighted by molar-refractivity contribution is 7.89. The van der Waals surface area contributed by atoms with Gasteiger partial charge in [-0.05, 0) is 13.3 Å². The van der Waals surface area contributed by atoms with E-state index in [0.717, 1.165) is 0 Å². The quantitative estimate of drug-likeness (QED) is 0.755. The summed E-state index contributed by atoms with van der Waals surface area (Å²) < 4.78 is 27.7. The van der Waals surface area contributed by atoms with Gasteiger partial charge in [0, 0.05) is 33.4 Å². The third-order valence-electron chi connectivity index (χ3n) is 3.65. The first-order chi connectivity index (χ1) is 9.20. The number of aryl methyl sites for hydroxylation is 1. The Morgan fingerprint density at radius 1 is 1.55 bits per heavy atom. The van der Waals surface area contributed by atoms with Gasteiger partial charge in [0.05, 0.1) is 5.41 Å². The average Bonchev–Trinajstić information content (AvgIpc) is 2.93. The first-order valence-electron chi connectivity index (χ1n) is 6.22. The number of nitrogens with zero attached hydrogens (tertiary/aromatic N) is 3. The van der Waals surface area contributed by atoms with E-state index in [4.69, 9.17) is 5.73 Å². The van der Waals surface area contributed by atoms with Crippen LogP contribution < -0.4 is 11.1 Å². The summed E-state index contributed by atoms with van der Waals surface area (Å²) >= 11 is 0. The standard InChI is InChI=1S/C11H19N5O3S/c1-11(10(17)13-2)4-5-16(7-11)20(18,19)8-6-15(3)14-9(8)12/h6H,4-5,7H2,1-3H3,(H2,12,14)(H,13,17). The molecule has 112 valence electrons. The minimum Gasteiger partial charge on any atom is -0.381 e. The molecule has 0 radical (unpaired) electrons. The molecular weight excluding hydrogens is 282 g/mol. The van der Waals surface area contributed by atoms with Gasteiger partial charge >= 0.3 is 0 Å². The van der Waals surface area contributed by atoms with Crippen LogP contribution in [0.5, 0.6) is 0 Å². The number of amides is 1. The van der Waals surface area contributed by atoms with E-state index in [1.807, 2.05) is 0 Å². The summed E-state index contributed by atoms with van der Waals surface area (Å²) in [6, 6.07) is 0. The van der Waals surface area contributed by atoms with E-state index in [2.05, 4.69) is 10.4 Å². The first-order valence-corrected chi connectivity index (χ1v) is 7.66. The zero-order valence-corrected chi connectivity index (χ0v) is 12.6. The van der Waals surface area contributed by atoms with E-state index >= 15 is 0 Å². The van der Waals surface area contributed by atoms with Crippen LogP contribution in [0.3, 0.4) is 0 Å². The summed E-state index contributed by atoms with van der Waals surface area (Å²) in [7, 11) is -0.566. The van der Waals surface area contributed by atoms with Crippen molar-refractivity contribution in [2.75, 3.05) is 25.9 Å². The molecule has 8 nitrogen and oxygen atoms in total. The Balaban J connectivity index is 2.30. The normalized spacial score (nSPS) is 23.9. The smallest absolute Gasteiger partial charge is 0.248 e. The Hall–Kier alpha value is -1.61. The number of hydrogen-bond donors (Lipinski definition) is 2. The highest BCUT2D eigenvalue weighted by atomic mass is 32.2. The zero-order chi connectivity index (χ0) is 15.1. The van der Waals surface area contributed by atoms with Gasteiger partial charge in [0.25, 0.3) is 0 Å². The minimum atomic E-state index is -3.72. The van der Waals surface area contributed by atoms with Gasteiger partial charge in [-0.1, -0.05) is 0 Å². The third kappa shape index (κ3) is 2.27. The van der Waals surface area contributed by atoms with E-state index in [1.165, 1.54) is 15.2 Å². The van der Waals surface area contributed by atoms with Crippen LogP contribution in [0.25, 0.3) is 0 Å². The molecule has 1 fully saturated rings. The van der Waals surface area contributed by atoms with Crippen molar-refractivity contribution in [2.24, 2.45) is 12.5 Å². The highest BCUT2D eigenvalue weighted by Crippen LogP contribution is 2.34. The van der Waals surface area contributed by atoms with Crippen LogP contribution in [-0.2, 0) is 21.9 Å². The maximum absolute atomic E-state index is 12.5. The number of anilines is 1. The number of nitrogen functional groups attached to an aromatic ring is 1. The van der Waals surface area contributed by atoms with Gasteiger partial charge in [-0.15, -0.1) is 0 Å². The van der Waals surface area contributed by atoms with Crippen LogP contribution in [0, 0.1) is 5.41 Å². The monoisotopic (exact) mass is 301 g/mol. The molecule has 1 aromatic heterocycles. The summed E-state index contributed by atoms with van der Waals surface area (Å²) in [6.07, 6.45) is 1.85. The Bertz CT molecular complexity index is 638. The molecule has 9 heteroatoms. The van der Waals surface area contributed by atoms with Crippen LogP contribution >= 0.6 is 0 Å². The van der Waals surface area contributed by atoms with Gasteiger partial charge in [-0.3, -0.25) is 9.48 Å². The number of aromatic nitrogens is 2. The largest absolute Gasteiger partial charge is 0.381 e. The lowest BCUT2D eigenvalue weighted by atomic mass is 9.89. The molecular formula is C11H19N5O3S. The lowest BCUT2D eigenvalue weighted by Crippen LogP contribution is -2.40. The summed E-state index contributed by atoms with van der Waals surface area (Å²) in [5, 5.41) is 6.42. The summed E-state index contributed by atoms with van der Waals surface area (Å²) in [5.74, 6) is -0.185. The van der Waals surface area contributed by atoms with E-state index in [-0.39, 0.29) is 23.2 Å². The molecule has 0 aromatic carbocycles. The molecule has 1 aliphatic heterocycles. The molecule has 0 aliphatic carbocycles. The maximum Gasteiger partial charge on any atom is 0.248 e. The van der Waals surface area contributed by atoms with E-state index in [9.17, 15) is 13.2 Å². The summed E-state index contributed by atoms with van der Waals surface area (Å²) in [6.45, 7) is 2.19. The van der Waals surface area contributed by atoms with Crippen molar-refractivity contribution >= 4 is 21.7 Å². The molecule has 1 atom stereocenters. The predicted molar refractivity (Wildman–Crippen MR) is 73.2 cm³/mol. The van der Waals surface area contributed by atoms with E-state index < -0.39 is 15.4 Å². The molecule has 1 aromatic rings. The lowest BCUT2D eigenvalue weighted by Gasteiger charge is -2.22. The Morgan fingerprint density at radius 2 is 2.20 bits per heavy atom. The van der Waals surface area contributed by atoms with Crippen LogP contribution in [0.4, 0.5) is 5.82 Å². The molecule has 2 rings (SSSR count). The van der Waals surface area contributed by atoms with Crippen LogP contribution in [0.2, 0.25) is 0 Å². The van der Waals surface area contributed by atoms with Crippen molar-refractivity contribution in [2.45, 2.75) is 18.2 Å². The van der Waals surface area contributed by atoms with Gasteiger partial charge in [0.2, 0.25) is 15.9 Å².